The summed E-state index contributed by atoms with van der Waals surface area (Å²) in [5.74, 6) is 1.21. The van der Waals surface area contributed by atoms with Gasteiger partial charge in [0.15, 0.2) is 11.5 Å². The van der Waals surface area contributed by atoms with Crippen LogP contribution in [0.3, 0.4) is 0 Å². The number of carbonyl (C=O) groups excluding carboxylic acids is 1. The molecule has 1 amide bonds. The number of hydrogen-bond donors (Lipinski definition) is 3. The second-order valence-electron chi connectivity index (χ2n) is 6.36. The fourth-order valence-corrected chi connectivity index (χ4v) is 2.50. The molecule has 1 aromatic heterocycles. The summed E-state index contributed by atoms with van der Waals surface area (Å²) in [6, 6.07) is 10.2. The maximum Gasteiger partial charge on any atom is 0.323 e. The van der Waals surface area contributed by atoms with Crippen LogP contribution in [0.25, 0.3) is 11.0 Å². The first-order valence-corrected chi connectivity index (χ1v) is 8.30. The summed E-state index contributed by atoms with van der Waals surface area (Å²) < 4.78 is 11.0. The Balaban J connectivity index is 1.78. The molecule has 2 aromatic carbocycles. The van der Waals surface area contributed by atoms with Crippen molar-refractivity contribution in [2.24, 2.45) is 5.92 Å². The van der Waals surface area contributed by atoms with Gasteiger partial charge in [0.05, 0.1) is 24.8 Å². The summed E-state index contributed by atoms with van der Waals surface area (Å²) in [6.45, 7) is 4.68. The Morgan fingerprint density at radius 1 is 1.08 bits per heavy atom. The van der Waals surface area contributed by atoms with Crippen LogP contribution < -0.4 is 20.5 Å². The lowest BCUT2D eigenvalue weighted by Crippen LogP contribution is -2.12. The van der Waals surface area contributed by atoms with E-state index < -0.39 is 0 Å². The molecule has 0 bridgehead atoms. The van der Waals surface area contributed by atoms with E-state index in [9.17, 15) is 9.59 Å². The van der Waals surface area contributed by atoms with Crippen molar-refractivity contribution in [1.29, 1.82) is 0 Å². The lowest BCUT2D eigenvalue weighted by Gasteiger charge is -2.13. The van der Waals surface area contributed by atoms with Crippen LogP contribution in [0.4, 0.5) is 5.69 Å². The molecule has 3 N–H and O–H groups in total. The van der Waals surface area contributed by atoms with E-state index in [0.717, 1.165) is 0 Å². The van der Waals surface area contributed by atoms with Crippen LogP contribution in [0, 0.1) is 5.92 Å². The summed E-state index contributed by atoms with van der Waals surface area (Å²) in [5.41, 5.74) is 2.05. The molecular weight excluding hydrogens is 334 g/mol. The highest BCUT2D eigenvalue weighted by Crippen LogP contribution is 2.29. The minimum atomic E-state index is -0.287. The van der Waals surface area contributed by atoms with E-state index in [-0.39, 0.29) is 11.6 Å². The van der Waals surface area contributed by atoms with Gasteiger partial charge in [0.1, 0.15) is 0 Å². The fourth-order valence-electron chi connectivity index (χ4n) is 2.50. The number of hydrogen-bond acceptors (Lipinski definition) is 4. The SMILES string of the molecule is COc1cc(C(=O)Nc2ccc3[nH]c(=O)[nH]c3c2)ccc1OCC(C)C. The third-order valence-electron chi connectivity index (χ3n) is 3.77. The highest BCUT2D eigenvalue weighted by atomic mass is 16.5. The van der Waals surface area contributed by atoms with Gasteiger partial charge in [-0.1, -0.05) is 13.8 Å². The van der Waals surface area contributed by atoms with Gasteiger partial charge in [0.25, 0.3) is 5.91 Å². The fraction of sp³-hybridized carbons (Fsp3) is 0.263. The topological polar surface area (TPSA) is 96.2 Å². The zero-order valence-electron chi connectivity index (χ0n) is 14.9. The van der Waals surface area contributed by atoms with Crippen molar-refractivity contribution in [1.82, 2.24) is 9.97 Å². The molecule has 0 aliphatic heterocycles. The number of amides is 1. The van der Waals surface area contributed by atoms with Crippen molar-refractivity contribution in [3.05, 3.63) is 52.4 Å². The number of aromatic nitrogens is 2. The normalized spacial score (nSPS) is 10.9. The molecule has 0 fully saturated rings. The largest absolute Gasteiger partial charge is 0.493 e. The third kappa shape index (κ3) is 3.88. The molecule has 0 radical (unpaired) electrons. The standard InChI is InChI=1S/C19H21N3O4/c1-11(2)10-26-16-7-4-12(8-17(16)25-3)18(23)20-13-5-6-14-15(9-13)22-19(24)21-14/h4-9,11H,10H2,1-3H3,(H,20,23)(H2,21,22,24). The number of carbonyl (C=O) groups is 1. The number of anilines is 1. The average molecular weight is 355 g/mol. The van der Waals surface area contributed by atoms with Crippen LogP contribution >= 0.6 is 0 Å². The number of ether oxygens (including phenoxy) is 2. The average Bonchev–Trinajstić information content (AvgIpc) is 2.98. The first kappa shape index (κ1) is 17.6. The Bertz CT molecular complexity index is 988. The van der Waals surface area contributed by atoms with Crippen molar-refractivity contribution >= 4 is 22.6 Å². The van der Waals surface area contributed by atoms with E-state index in [2.05, 4.69) is 29.1 Å². The van der Waals surface area contributed by atoms with E-state index >= 15 is 0 Å². The summed E-state index contributed by atoms with van der Waals surface area (Å²) in [5, 5.41) is 2.81. The molecule has 136 valence electrons. The Kier molecular flexibility index (Phi) is 4.97. The summed E-state index contributed by atoms with van der Waals surface area (Å²) in [6.07, 6.45) is 0. The number of methoxy groups -OCH3 is 1. The molecule has 7 nitrogen and oxygen atoms in total. The highest BCUT2D eigenvalue weighted by molar-refractivity contribution is 6.05. The summed E-state index contributed by atoms with van der Waals surface area (Å²) >= 11 is 0. The van der Waals surface area contributed by atoms with Crippen LogP contribution in [-0.2, 0) is 0 Å². The molecule has 0 aliphatic carbocycles. The quantitative estimate of drug-likeness (QED) is 0.633. The molecule has 3 rings (SSSR count). The second-order valence-corrected chi connectivity index (χ2v) is 6.36. The van der Waals surface area contributed by atoms with Gasteiger partial charge in [-0.25, -0.2) is 4.79 Å². The molecule has 7 heteroatoms. The Hall–Kier alpha value is -3.22. The zero-order valence-corrected chi connectivity index (χ0v) is 14.9. The Morgan fingerprint density at radius 3 is 2.58 bits per heavy atom. The van der Waals surface area contributed by atoms with Gasteiger partial charge in [-0.05, 0) is 42.3 Å². The number of fused-ring (bicyclic) bond motifs is 1. The van der Waals surface area contributed by atoms with Gasteiger partial charge in [-0.3, -0.25) is 4.79 Å². The van der Waals surface area contributed by atoms with Crippen LogP contribution in [0.1, 0.15) is 24.2 Å². The van der Waals surface area contributed by atoms with Crippen molar-refractivity contribution in [2.45, 2.75) is 13.8 Å². The highest BCUT2D eigenvalue weighted by Gasteiger charge is 2.12. The van der Waals surface area contributed by atoms with Crippen molar-refractivity contribution < 1.29 is 14.3 Å². The first-order chi connectivity index (χ1) is 12.5. The first-order valence-electron chi connectivity index (χ1n) is 8.30. The lowest BCUT2D eigenvalue weighted by atomic mass is 10.1. The molecule has 0 unspecified atom stereocenters. The summed E-state index contributed by atoms with van der Waals surface area (Å²) in [7, 11) is 1.54. The van der Waals surface area contributed by atoms with E-state index in [1.165, 1.54) is 7.11 Å². The number of imidazole rings is 1. The molecule has 0 saturated carbocycles. The molecule has 0 spiro atoms. The van der Waals surface area contributed by atoms with Gasteiger partial charge in [-0.2, -0.15) is 0 Å². The smallest absolute Gasteiger partial charge is 0.323 e. The van der Waals surface area contributed by atoms with Gasteiger partial charge >= 0.3 is 5.69 Å². The minimum absolute atomic E-state index is 0.282. The van der Waals surface area contributed by atoms with Gasteiger partial charge in [0, 0.05) is 11.3 Å². The number of rotatable bonds is 6. The summed E-state index contributed by atoms with van der Waals surface area (Å²) in [4.78, 5) is 29.2. The maximum atomic E-state index is 12.5. The second kappa shape index (κ2) is 7.35. The molecule has 0 saturated heterocycles. The number of aromatic amines is 2. The number of benzene rings is 2. The van der Waals surface area contributed by atoms with Crippen molar-refractivity contribution in [3.8, 4) is 11.5 Å². The van der Waals surface area contributed by atoms with Crippen LogP contribution in [0.5, 0.6) is 11.5 Å². The van der Waals surface area contributed by atoms with Crippen molar-refractivity contribution in [2.75, 3.05) is 19.0 Å². The van der Waals surface area contributed by atoms with E-state index in [1.54, 1.807) is 36.4 Å². The third-order valence-corrected chi connectivity index (χ3v) is 3.77. The Labute approximate surface area is 150 Å². The monoisotopic (exact) mass is 355 g/mol. The predicted molar refractivity (Wildman–Crippen MR) is 100 cm³/mol. The minimum Gasteiger partial charge on any atom is -0.493 e. The van der Waals surface area contributed by atoms with E-state index in [4.69, 9.17) is 9.47 Å². The number of H-pyrrole nitrogens is 2. The van der Waals surface area contributed by atoms with Gasteiger partial charge in [-0.15, -0.1) is 0 Å². The Morgan fingerprint density at radius 2 is 1.85 bits per heavy atom. The molecule has 26 heavy (non-hydrogen) atoms. The molecular formula is C19H21N3O4. The van der Waals surface area contributed by atoms with Gasteiger partial charge in [0.2, 0.25) is 0 Å². The van der Waals surface area contributed by atoms with Crippen LogP contribution in [-0.4, -0.2) is 29.6 Å². The molecule has 1 heterocycles. The van der Waals surface area contributed by atoms with Gasteiger partial charge < -0.3 is 24.8 Å². The molecule has 0 aliphatic rings. The number of nitrogens with one attached hydrogen (secondary N) is 3. The zero-order chi connectivity index (χ0) is 18.7. The molecule has 3 aromatic rings. The lowest BCUT2D eigenvalue weighted by molar-refractivity contribution is 0.102. The molecule has 0 atom stereocenters. The van der Waals surface area contributed by atoms with E-state index in [0.29, 0.717) is 46.3 Å². The maximum absolute atomic E-state index is 12.5. The van der Waals surface area contributed by atoms with Crippen LogP contribution in [0.15, 0.2) is 41.2 Å². The predicted octanol–water partition coefficient (Wildman–Crippen LogP) is 3.15. The van der Waals surface area contributed by atoms with E-state index in [1.807, 2.05) is 0 Å². The van der Waals surface area contributed by atoms with Crippen LogP contribution in [0.2, 0.25) is 0 Å². The van der Waals surface area contributed by atoms with Crippen molar-refractivity contribution in [3.63, 3.8) is 0 Å².